The summed E-state index contributed by atoms with van der Waals surface area (Å²) in [5.74, 6) is 1.92. The van der Waals surface area contributed by atoms with Gasteiger partial charge in [-0.25, -0.2) is 4.98 Å². The van der Waals surface area contributed by atoms with Crippen molar-refractivity contribution in [3.05, 3.63) is 57.1 Å². The molecule has 7 heteroatoms. The molecule has 1 aliphatic heterocycles. The fourth-order valence-corrected chi connectivity index (χ4v) is 3.54. The van der Waals surface area contributed by atoms with E-state index in [0.29, 0.717) is 35.3 Å². The molecule has 0 saturated carbocycles. The van der Waals surface area contributed by atoms with Gasteiger partial charge in [0, 0.05) is 16.8 Å². The van der Waals surface area contributed by atoms with Crippen molar-refractivity contribution < 1.29 is 13.9 Å². The number of carbonyl (C=O) groups is 1. The summed E-state index contributed by atoms with van der Waals surface area (Å²) in [5.41, 5.74) is 1.76. The topological polar surface area (TPSA) is 64.4 Å². The number of amides is 1. The average Bonchev–Trinajstić information content (AvgIpc) is 3.30. The summed E-state index contributed by atoms with van der Waals surface area (Å²) < 4.78 is 11.4. The van der Waals surface area contributed by atoms with Crippen LogP contribution in [-0.4, -0.2) is 17.0 Å². The number of thiazole rings is 1. The molecule has 3 aromatic rings. The van der Waals surface area contributed by atoms with Gasteiger partial charge in [0.05, 0.1) is 11.6 Å². The van der Waals surface area contributed by atoms with Gasteiger partial charge < -0.3 is 14.5 Å². The van der Waals surface area contributed by atoms with Gasteiger partial charge in [0.1, 0.15) is 17.2 Å². The number of furan rings is 1. The van der Waals surface area contributed by atoms with Crippen LogP contribution in [-0.2, 0) is 17.8 Å². The zero-order valence-corrected chi connectivity index (χ0v) is 15.0. The first-order chi connectivity index (χ1) is 12.1. The Bertz CT molecular complexity index is 934. The van der Waals surface area contributed by atoms with E-state index in [-0.39, 0.29) is 5.91 Å². The lowest BCUT2D eigenvalue weighted by molar-refractivity contribution is -0.127. The molecule has 2 aromatic heterocycles. The Morgan fingerprint density at radius 1 is 1.40 bits per heavy atom. The van der Waals surface area contributed by atoms with E-state index in [2.05, 4.69) is 10.3 Å². The van der Waals surface area contributed by atoms with Crippen LogP contribution >= 0.6 is 22.9 Å². The van der Waals surface area contributed by atoms with E-state index < -0.39 is 6.10 Å². The molecule has 1 amide bonds. The fourth-order valence-electron chi connectivity index (χ4n) is 2.74. The van der Waals surface area contributed by atoms with Gasteiger partial charge in [-0.3, -0.25) is 4.79 Å². The molecule has 1 aliphatic rings. The van der Waals surface area contributed by atoms with Crippen LogP contribution in [0.4, 0.5) is 0 Å². The van der Waals surface area contributed by atoms with Crippen molar-refractivity contribution in [3.8, 4) is 17.2 Å². The first-order valence-corrected chi connectivity index (χ1v) is 9.08. The quantitative estimate of drug-likeness (QED) is 0.750. The average molecular weight is 375 g/mol. The summed E-state index contributed by atoms with van der Waals surface area (Å²) in [5, 5.41) is 6.43. The zero-order valence-electron chi connectivity index (χ0n) is 13.4. The predicted octanol–water partition coefficient (Wildman–Crippen LogP) is 3.98. The van der Waals surface area contributed by atoms with Gasteiger partial charge in [-0.1, -0.05) is 11.6 Å². The van der Waals surface area contributed by atoms with E-state index in [1.165, 1.54) is 0 Å². The van der Waals surface area contributed by atoms with E-state index in [9.17, 15) is 4.79 Å². The molecule has 0 spiro atoms. The summed E-state index contributed by atoms with van der Waals surface area (Å²) in [6.45, 7) is 2.25. The predicted molar refractivity (Wildman–Crippen MR) is 96.0 cm³/mol. The van der Waals surface area contributed by atoms with E-state index in [4.69, 9.17) is 20.8 Å². The summed E-state index contributed by atoms with van der Waals surface area (Å²) in [6, 6.07) is 9.08. The SMILES string of the molecule is Cc1nc(-c2ccc(CNC(=O)[C@H]3Cc4cc(Cl)ccc4O3)o2)cs1. The Hall–Kier alpha value is -2.31. The molecule has 5 nitrogen and oxygen atoms in total. The van der Waals surface area contributed by atoms with Crippen LogP contribution in [0.3, 0.4) is 0 Å². The minimum Gasteiger partial charge on any atom is -0.480 e. The first kappa shape index (κ1) is 16.2. The van der Waals surface area contributed by atoms with Crippen molar-refractivity contribution in [2.24, 2.45) is 0 Å². The van der Waals surface area contributed by atoms with Crippen LogP contribution in [0.1, 0.15) is 16.3 Å². The molecular weight excluding hydrogens is 360 g/mol. The highest BCUT2D eigenvalue weighted by molar-refractivity contribution is 7.09. The largest absolute Gasteiger partial charge is 0.480 e. The third kappa shape index (κ3) is 3.41. The molecule has 1 N–H and O–H groups in total. The Morgan fingerprint density at radius 3 is 3.08 bits per heavy atom. The van der Waals surface area contributed by atoms with Crippen LogP contribution in [0.25, 0.3) is 11.5 Å². The third-order valence-corrected chi connectivity index (χ3v) is 4.97. The lowest BCUT2D eigenvalue weighted by Gasteiger charge is -2.10. The monoisotopic (exact) mass is 374 g/mol. The van der Waals surface area contributed by atoms with Gasteiger partial charge in [-0.15, -0.1) is 11.3 Å². The maximum Gasteiger partial charge on any atom is 0.261 e. The fraction of sp³-hybridized carbons (Fsp3) is 0.222. The molecule has 0 bridgehead atoms. The normalized spacial score (nSPS) is 15.7. The van der Waals surface area contributed by atoms with Crippen LogP contribution < -0.4 is 10.1 Å². The second-order valence-corrected chi connectivity index (χ2v) is 7.30. The van der Waals surface area contributed by atoms with Gasteiger partial charge in [-0.05, 0) is 42.8 Å². The number of aromatic nitrogens is 1. The van der Waals surface area contributed by atoms with Crippen molar-refractivity contribution in [2.75, 3.05) is 0 Å². The number of ether oxygens (including phenoxy) is 1. The summed E-state index contributed by atoms with van der Waals surface area (Å²) in [7, 11) is 0. The number of nitrogens with one attached hydrogen (secondary N) is 1. The minimum absolute atomic E-state index is 0.172. The standard InChI is InChI=1S/C18H15ClN2O3S/c1-10-21-14(9-25-10)16-5-3-13(23-16)8-20-18(22)17-7-11-6-12(19)2-4-15(11)24-17/h2-6,9,17H,7-8H2,1H3,(H,20,22)/t17-/m1/s1. The lowest BCUT2D eigenvalue weighted by Crippen LogP contribution is -2.36. The molecule has 0 saturated heterocycles. The van der Waals surface area contributed by atoms with E-state index in [0.717, 1.165) is 16.3 Å². The number of nitrogens with zero attached hydrogens (tertiary/aromatic N) is 1. The van der Waals surface area contributed by atoms with Crippen LogP contribution in [0, 0.1) is 6.92 Å². The maximum absolute atomic E-state index is 12.3. The van der Waals surface area contributed by atoms with Crippen LogP contribution in [0.5, 0.6) is 5.75 Å². The molecule has 0 aliphatic carbocycles. The highest BCUT2D eigenvalue weighted by Gasteiger charge is 2.29. The Kier molecular flexibility index (Phi) is 4.23. The third-order valence-electron chi connectivity index (χ3n) is 3.96. The summed E-state index contributed by atoms with van der Waals surface area (Å²) in [4.78, 5) is 16.7. The second-order valence-electron chi connectivity index (χ2n) is 5.80. The maximum atomic E-state index is 12.3. The number of hydrogen-bond acceptors (Lipinski definition) is 5. The van der Waals surface area contributed by atoms with Gasteiger partial charge in [0.2, 0.25) is 0 Å². The highest BCUT2D eigenvalue weighted by atomic mass is 35.5. The number of carbonyl (C=O) groups excluding carboxylic acids is 1. The first-order valence-electron chi connectivity index (χ1n) is 7.82. The number of fused-ring (bicyclic) bond motifs is 1. The number of halogens is 1. The molecular formula is C18H15ClN2O3S. The number of benzene rings is 1. The molecule has 3 heterocycles. The molecule has 4 rings (SSSR count). The molecule has 0 radical (unpaired) electrons. The Morgan fingerprint density at radius 2 is 2.28 bits per heavy atom. The molecule has 128 valence electrons. The molecule has 1 atom stereocenters. The number of rotatable bonds is 4. The van der Waals surface area contributed by atoms with Crippen molar-refractivity contribution in [3.63, 3.8) is 0 Å². The number of hydrogen-bond donors (Lipinski definition) is 1. The summed E-state index contributed by atoms with van der Waals surface area (Å²) >= 11 is 7.55. The Balaban J connectivity index is 1.36. The van der Waals surface area contributed by atoms with Crippen LogP contribution in [0.2, 0.25) is 5.02 Å². The molecule has 25 heavy (non-hydrogen) atoms. The van der Waals surface area contributed by atoms with Gasteiger partial charge in [0.25, 0.3) is 5.91 Å². The molecule has 1 aromatic carbocycles. The van der Waals surface area contributed by atoms with Gasteiger partial charge in [0.15, 0.2) is 11.9 Å². The second kappa shape index (κ2) is 6.54. The van der Waals surface area contributed by atoms with Crippen molar-refractivity contribution in [1.29, 1.82) is 0 Å². The van der Waals surface area contributed by atoms with Crippen molar-refractivity contribution >= 4 is 28.8 Å². The Labute approximate surface area is 153 Å². The minimum atomic E-state index is -0.538. The number of aryl methyl sites for hydroxylation is 1. The lowest BCUT2D eigenvalue weighted by atomic mass is 10.1. The van der Waals surface area contributed by atoms with E-state index >= 15 is 0 Å². The zero-order chi connectivity index (χ0) is 17.4. The van der Waals surface area contributed by atoms with Crippen molar-refractivity contribution in [1.82, 2.24) is 10.3 Å². The smallest absolute Gasteiger partial charge is 0.261 e. The van der Waals surface area contributed by atoms with Gasteiger partial charge >= 0.3 is 0 Å². The van der Waals surface area contributed by atoms with Gasteiger partial charge in [-0.2, -0.15) is 0 Å². The summed E-state index contributed by atoms with van der Waals surface area (Å²) in [6.07, 6.45) is -0.0208. The van der Waals surface area contributed by atoms with E-state index in [1.807, 2.05) is 30.5 Å². The molecule has 0 fully saturated rings. The highest BCUT2D eigenvalue weighted by Crippen LogP contribution is 2.31. The molecule has 0 unspecified atom stereocenters. The van der Waals surface area contributed by atoms with Crippen molar-refractivity contribution in [2.45, 2.75) is 26.0 Å². The van der Waals surface area contributed by atoms with E-state index in [1.54, 1.807) is 23.5 Å². The van der Waals surface area contributed by atoms with Crippen LogP contribution in [0.15, 0.2) is 40.1 Å².